The minimum absolute atomic E-state index is 0.0368. The van der Waals surface area contributed by atoms with Crippen molar-refractivity contribution in [3.05, 3.63) is 12.7 Å². The molecule has 0 saturated carbocycles. The second-order valence-electron chi connectivity index (χ2n) is 8.21. The van der Waals surface area contributed by atoms with Crippen LogP contribution in [0.3, 0.4) is 0 Å². The Labute approximate surface area is 182 Å². The maximum atomic E-state index is 12.0. The fourth-order valence-corrected chi connectivity index (χ4v) is 3.45. The largest absolute Gasteiger partial charge is 0.414 e. The Bertz CT molecular complexity index is 552. The van der Waals surface area contributed by atoms with Gasteiger partial charge in [0.15, 0.2) is 14.6 Å². The monoisotopic (exact) mass is 477 g/mol. The van der Waals surface area contributed by atoms with Crippen LogP contribution in [-0.2, 0) is 18.7 Å². The van der Waals surface area contributed by atoms with Crippen molar-refractivity contribution in [1.29, 1.82) is 0 Å². The van der Waals surface area contributed by atoms with Gasteiger partial charge < -0.3 is 29.4 Å². The molecule has 0 aliphatic carbocycles. The van der Waals surface area contributed by atoms with E-state index in [1.54, 1.807) is 0 Å². The van der Waals surface area contributed by atoms with Crippen molar-refractivity contribution in [2.75, 3.05) is 13.2 Å². The van der Waals surface area contributed by atoms with Gasteiger partial charge in [0.25, 0.3) is 9.70 Å². The number of halogens is 3. The lowest BCUT2D eigenvalue weighted by Gasteiger charge is -2.44. The van der Waals surface area contributed by atoms with Crippen LogP contribution in [0.2, 0.25) is 18.1 Å². The Morgan fingerprint density at radius 2 is 1.82 bits per heavy atom. The normalized spacial score (nSPS) is 29.4. The number of carbonyl (C=O) groups is 1. The van der Waals surface area contributed by atoms with E-state index in [9.17, 15) is 15.0 Å². The van der Waals surface area contributed by atoms with Gasteiger partial charge in [-0.15, -0.1) is 6.58 Å². The minimum atomic E-state index is -2.24. The summed E-state index contributed by atoms with van der Waals surface area (Å²) in [5, 5.41) is 23.4. The summed E-state index contributed by atoms with van der Waals surface area (Å²) in [5.74, 6) is -0.972. The molecule has 0 unspecified atom stereocenters. The van der Waals surface area contributed by atoms with Gasteiger partial charge >= 0.3 is 0 Å². The molecule has 1 heterocycles. The van der Waals surface area contributed by atoms with Crippen LogP contribution in [0.5, 0.6) is 0 Å². The van der Waals surface area contributed by atoms with E-state index >= 15 is 0 Å². The van der Waals surface area contributed by atoms with Crippen molar-refractivity contribution >= 4 is 49.0 Å². The Balaban J connectivity index is 2.94. The van der Waals surface area contributed by atoms with Gasteiger partial charge in [0.2, 0.25) is 0 Å². The number of carbonyl (C=O) groups excluding carboxylic acids is 1. The van der Waals surface area contributed by atoms with E-state index in [2.05, 4.69) is 45.8 Å². The molecule has 0 bridgehead atoms. The van der Waals surface area contributed by atoms with Crippen LogP contribution in [0.15, 0.2) is 12.7 Å². The molecular formula is C17H30Cl3NO6Si. The molecule has 0 aromatic rings. The summed E-state index contributed by atoms with van der Waals surface area (Å²) in [6.45, 7) is 14.1. The van der Waals surface area contributed by atoms with E-state index in [1.807, 2.05) is 0 Å². The molecule has 0 aromatic carbocycles. The second kappa shape index (κ2) is 9.94. The van der Waals surface area contributed by atoms with Gasteiger partial charge in [-0.2, -0.15) is 0 Å². The van der Waals surface area contributed by atoms with E-state index < -0.39 is 48.7 Å². The summed E-state index contributed by atoms with van der Waals surface area (Å²) in [7, 11) is -2.11. The predicted molar refractivity (Wildman–Crippen MR) is 112 cm³/mol. The molecule has 164 valence electrons. The molecule has 1 fully saturated rings. The van der Waals surface area contributed by atoms with Crippen molar-refractivity contribution in [2.45, 2.75) is 73.3 Å². The number of aliphatic hydroxyl groups excluding tert-OH is 2. The fraction of sp³-hybridized carbons (Fsp3) is 0.824. The smallest absolute Gasteiger partial charge is 0.272 e. The summed E-state index contributed by atoms with van der Waals surface area (Å²) in [6, 6.07) is -1.15. The number of amides is 1. The fourth-order valence-electron chi connectivity index (χ4n) is 2.27. The first-order valence-corrected chi connectivity index (χ1v) is 12.9. The molecule has 28 heavy (non-hydrogen) atoms. The third-order valence-corrected chi connectivity index (χ3v) is 10.1. The zero-order valence-electron chi connectivity index (χ0n) is 16.7. The number of hydrogen-bond acceptors (Lipinski definition) is 6. The van der Waals surface area contributed by atoms with Gasteiger partial charge in [-0.25, -0.2) is 0 Å². The molecule has 1 rings (SSSR count). The first-order valence-electron chi connectivity index (χ1n) is 8.87. The van der Waals surface area contributed by atoms with Crippen LogP contribution in [0, 0.1) is 0 Å². The first-order chi connectivity index (χ1) is 12.6. The molecule has 1 saturated heterocycles. The number of ether oxygens (including phenoxy) is 2. The van der Waals surface area contributed by atoms with E-state index in [4.69, 9.17) is 48.7 Å². The highest BCUT2D eigenvalue weighted by atomic mass is 35.6. The molecule has 3 N–H and O–H groups in total. The van der Waals surface area contributed by atoms with Crippen LogP contribution in [0.1, 0.15) is 20.8 Å². The third kappa shape index (κ3) is 6.82. The minimum Gasteiger partial charge on any atom is -0.414 e. The van der Waals surface area contributed by atoms with Crippen molar-refractivity contribution in [1.82, 2.24) is 5.32 Å². The van der Waals surface area contributed by atoms with Gasteiger partial charge in [0.1, 0.15) is 24.4 Å². The highest BCUT2D eigenvalue weighted by Gasteiger charge is 2.48. The van der Waals surface area contributed by atoms with E-state index in [0.717, 1.165) is 0 Å². The highest BCUT2D eigenvalue weighted by Crippen LogP contribution is 2.37. The maximum Gasteiger partial charge on any atom is 0.272 e. The van der Waals surface area contributed by atoms with Crippen molar-refractivity contribution in [2.24, 2.45) is 0 Å². The summed E-state index contributed by atoms with van der Waals surface area (Å²) < 4.78 is 15.1. The topological polar surface area (TPSA) is 97.2 Å². The Morgan fingerprint density at radius 1 is 1.25 bits per heavy atom. The summed E-state index contributed by atoms with van der Waals surface area (Å²) in [4.78, 5) is 12.0. The highest BCUT2D eigenvalue weighted by molar-refractivity contribution is 6.76. The Kier molecular flexibility index (Phi) is 9.27. The van der Waals surface area contributed by atoms with E-state index in [1.165, 1.54) is 6.08 Å². The number of rotatable bonds is 7. The van der Waals surface area contributed by atoms with Gasteiger partial charge in [-0.05, 0) is 18.1 Å². The molecule has 11 heteroatoms. The van der Waals surface area contributed by atoms with Crippen LogP contribution in [-0.4, -0.2) is 72.1 Å². The maximum absolute atomic E-state index is 12.0. The third-order valence-electron chi connectivity index (χ3n) is 5.05. The Hall–Kier alpha value is 0.0969. The molecule has 0 radical (unpaired) electrons. The first kappa shape index (κ1) is 26.1. The molecule has 1 amide bonds. The number of hydrogen-bond donors (Lipinski definition) is 3. The lowest BCUT2D eigenvalue weighted by molar-refractivity contribution is -0.266. The average molecular weight is 479 g/mol. The molecule has 0 aromatic heterocycles. The standard InChI is InChI=1S/C17H30Cl3NO6Si/c1-7-8-25-14-11(21-15(24)17(18,19)20)13(23)12(22)10(27-14)9-26-28(5,6)16(2,3)4/h7,10-14,22-23H,1,8-9H2,2-6H3,(H,21,24)/t10-,11-,12-,13-,14-/m1/s1. The number of alkyl halides is 3. The summed E-state index contributed by atoms with van der Waals surface area (Å²) in [5.41, 5.74) is 0. The Morgan fingerprint density at radius 3 is 2.29 bits per heavy atom. The zero-order valence-corrected chi connectivity index (χ0v) is 20.0. The van der Waals surface area contributed by atoms with Crippen molar-refractivity contribution in [3.63, 3.8) is 0 Å². The SMILES string of the molecule is C=CCO[C@@H]1O[C@H](CO[Si](C)(C)C(C)(C)C)[C@@H](O)[C@H](O)[C@H]1NC(=O)C(Cl)(Cl)Cl. The quantitative estimate of drug-likeness (QED) is 0.295. The van der Waals surface area contributed by atoms with Crippen LogP contribution in [0.25, 0.3) is 0 Å². The zero-order chi connectivity index (χ0) is 21.9. The second-order valence-corrected chi connectivity index (χ2v) is 15.3. The number of aliphatic hydroxyl groups is 2. The molecular weight excluding hydrogens is 449 g/mol. The van der Waals surface area contributed by atoms with Crippen LogP contribution < -0.4 is 5.32 Å². The molecule has 5 atom stereocenters. The lowest BCUT2D eigenvalue weighted by atomic mass is 9.97. The lowest BCUT2D eigenvalue weighted by Crippen LogP contribution is -2.66. The van der Waals surface area contributed by atoms with Crippen molar-refractivity contribution < 1.29 is 28.9 Å². The van der Waals surface area contributed by atoms with Gasteiger partial charge in [0.05, 0.1) is 13.2 Å². The average Bonchev–Trinajstić information content (AvgIpc) is 2.55. The van der Waals surface area contributed by atoms with Gasteiger partial charge in [-0.3, -0.25) is 4.79 Å². The van der Waals surface area contributed by atoms with Gasteiger partial charge in [0, 0.05) is 0 Å². The summed E-state index contributed by atoms with van der Waals surface area (Å²) in [6.07, 6.45) is -3.24. The molecule has 1 aliphatic heterocycles. The van der Waals surface area contributed by atoms with E-state index in [0.29, 0.717) is 0 Å². The molecule has 7 nitrogen and oxygen atoms in total. The summed E-state index contributed by atoms with van der Waals surface area (Å²) >= 11 is 16.7. The number of nitrogens with one attached hydrogen (secondary N) is 1. The van der Waals surface area contributed by atoms with Gasteiger partial charge in [-0.1, -0.05) is 61.7 Å². The molecule has 0 spiro atoms. The predicted octanol–water partition coefficient (Wildman–Crippen LogP) is 2.51. The van der Waals surface area contributed by atoms with Crippen LogP contribution in [0.4, 0.5) is 0 Å². The van der Waals surface area contributed by atoms with E-state index in [-0.39, 0.29) is 18.3 Å². The van der Waals surface area contributed by atoms with Crippen molar-refractivity contribution in [3.8, 4) is 0 Å². The van der Waals surface area contributed by atoms with Crippen LogP contribution >= 0.6 is 34.8 Å². The molecule has 1 aliphatic rings.